The molecular formula is C10H10F3NO2. The van der Waals surface area contributed by atoms with Crippen molar-refractivity contribution in [1.82, 2.24) is 0 Å². The highest BCUT2D eigenvalue weighted by Gasteiger charge is 2.38. The molecule has 0 radical (unpaired) electrons. The summed E-state index contributed by atoms with van der Waals surface area (Å²) in [5.41, 5.74) is -1.67. The highest BCUT2D eigenvalue weighted by atomic mass is 19.4. The van der Waals surface area contributed by atoms with Crippen molar-refractivity contribution in [2.45, 2.75) is 25.9 Å². The fourth-order valence-corrected chi connectivity index (χ4v) is 1.30. The van der Waals surface area contributed by atoms with Gasteiger partial charge in [0.1, 0.15) is 5.56 Å². The largest absolute Gasteiger partial charge is 0.423 e. The molecular weight excluding hydrogens is 223 g/mol. The molecule has 0 saturated carbocycles. The molecule has 0 fully saturated rings. The summed E-state index contributed by atoms with van der Waals surface area (Å²) in [5, 5.41) is 10.5. The van der Waals surface area contributed by atoms with E-state index in [2.05, 4.69) is 0 Å². The highest BCUT2D eigenvalue weighted by molar-refractivity contribution is 5.45. The van der Waals surface area contributed by atoms with Crippen LogP contribution in [0.1, 0.15) is 30.9 Å². The Morgan fingerprint density at radius 2 is 1.88 bits per heavy atom. The second-order valence-electron chi connectivity index (χ2n) is 3.69. The Morgan fingerprint density at radius 1 is 1.31 bits per heavy atom. The van der Waals surface area contributed by atoms with Gasteiger partial charge in [-0.25, -0.2) is 0 Å². The van der Waals surface area contributed by atoms with E-state index >= 15 is 0 Å². The first-order valence-electron chi connectivity index (χ1n) is 4.59. The van der Waals surface area contributed by atoms with Crippen molar-refractivity contribution in [3.63, 3.8) is 0 Å². The molecule has 0 aliphatic carbocycles. The molecule has 88 valence electrons. The molecule has 0 unspecified atom stereocenters. The number of hydrogen-bond donors (Lipinski definition) is 0. The molecule has 1 aromatic carbocycles. The third-order valence-electron chi connectivity index (χ3n) is 2.19. The van der Waals surface area contributed by atoms with Gasteiger partial charge in [0.2, 0.25) is 0 Å². The number of alkyl halides is 3. The summed E-state index contributed by atoms with van der Waals surface area (Å²) in [7, 11) is 0. The maximum Gasteiger partial charge on any atom is 0.423 e. The van der Waals surface area contributed by atoms with E-state index in [1.165, 1.54) is 6.07 Å². The predicted molar refractivity (Wildman–Crippen MR) is 52.2 cm³/mol. The second-order valence-corrected chi connectivity index (χ2v) is 3.69. The molecule has 0 aliphatic heterocycles. The zero-order valence-corrected chi connectivity index (χ0v) is 8.71. The number of hydrogen-bond acceptors (Lipinski definition) is 2. The van der Waals surface area contributed by atoms with Crippen LogP contribution < -0.4 is 0 Å². The number of halogens is 3. The molecule has 0 spiro atoms. The zero-order valence-electron chi connectivity index (χ0n) is 8.71. The smallest absolute Gasteiger partial charge is 0.258 e. The van der Waals surface area contributed by atoms with Crippen molar-refractivity contribution in [2.24, 2.45) is 0 Å². The van der Waals surface area contributed by atoms with E-state index in [1.807, 2.05) is 0 Å². The molecule has 0 saturated heterocycles. The molecule has 16 heavy (non-hydrogen) atoms. The van der Waals surface area contributed by atoms with Crippen LogP contribution in [0.5, 0.6) is 0 Å². The maximum absolute atomic E-state index is 12.5. The highest BCUT2D eigenvalue weighted by Crippen LogP contribution is 2.37. The van der Waals surface area contributed by atoms with E-state index in [4.69, 9.17) is 0 Å². The van der Waals surface area contributed by atoms with Gasteiger partial charge in [0.25, 0.3) is 5.69 Å². The summed E-state index contributed by atoms with van der Waals surface area (Å²) in [6, 6.07) is 3.08. The van der Waals surface area contributed by atoms with E-state index in [9.17, 15) is 23.3 Å². The maximum atomic E-state index is 12.5. The minimum absolute atomic E-state index is 0.109. The third kappa shape index (κ3) is 2.50. The van der Waals surface area contributed by atoms with Gasteiger partial charge >= 0.3 is 6.18 Å². The summed E-state index contributed by atoms with van der Waals surface area (Å²) in [6.07, 6.45) is -4.70. The SMILES string of the molecule is CC(C)c1ccc([N+](=O)[O-])c(C(F)(F)F)c1. The van der Waals surface area contributed by atoms with Crippen LogP contribution in [0.25, 0.3) is 0 Å². The Kier molecular flexibility index (Phi) is 3.21. The van der Waals surface area contributed by atoms with Crippen LogP contribution in [-0.2, 0) is 6.18 Å². The normalized spacial score (nSPS) is 11.9. The Bertz CT molecular complexity index is 413. The van der Waals surface area contributed by atoms with E-state index in [0.717, 1.165) is 12.1 Å². The predicted octanol–water partition coefficient (Wildman–Crippen LogP) is 3.74. The molecule has 0 bridgehead atoms. The van der Waals surface area contributed by atoms with Gasteiger partial charge in [0.15, 0.2) is 0 Å². The minimum atomic E-state index is -4.70. The Labute approximate surface area is 90.0 Å². The molecule has 0 aliphatic rings. The molecule has 1 aromatic rings. The topological polar surface area (TPSA) is 43.1 Å². The van der Waals surface area contributed by atoms with Crippen LogP contribution in [0, 0.1) is 10.1 Å². The fraction of sp³-hybridized carbons (Fsp3) is 0.400. The lowest BCUT2D eigenvalue weighted by atomic mass is 9.99. The first-order chi connectivity index (χ1) is 7.23. The molecule has 0 heterocycles. The van der Waals surface area contributed by atoms with Gasteiger partial charge in [0.05, 0.1) is 4.92 Å². The van der Waals surface area contributed by atoms with Crippen molar-refractivity contribution in [1.29, 1.82) is 0 Å². The van der Waals surface area contributed by atoms with Crippen molar-refractivity contribution in [2.75, 3.05) is 0 Å². The van der Waals surface area contributed by atoms with Crippen molar-refractivity contribution in [3.05, 3.63) is 39.4 Å². The lowest BCUT2D eigenvalue weighted by Gasteiger charge is -2.11. The van der Waals surface area contributed by atoms with E-state index in [0.29, 0.717) is 5.56 Å². The number of benzene rings is 1. The van der Waals surface area contributed by atoms with Crippen molar-refractivity contribution < 1.29 is 18.1 Å². The van der Waals surface area contributed by atoms with Crippen LogP contribution >= 0.6 is 0 Å². The summed E-state index contributed by atoms with van der Waals surface area (Å²) < 4.78 is 37.6. The molecule has 0 N–H and O–H groups in total. The summed E-state index contributed by atoms with van der Waals surface area (Å²) in [6.45, 7) is 3.45. The van der Waals surface area contributed by atoms with Gasteiger partial charge in [0, 0.05) is 6.07 Å². The quantitative estimate of drug-likeness (QED) is 0.576. The minimum Gasteiger partial charge on any atom is -0.258 e. The first kappa shape index (κ1) is 12.5. The molecule has 0 aromatic heterocycles. The summed E-state index contributed by atoms with van der Waals surface area (Å²) in [4.78, 5) is 9.43. The number of nitro benzene ring substituents is 1. The van der Waals surface area contributed by atoms with Crippen molar-refractivity contribution in [3.8, 4) is 0 Å². The Morgan fingerprint density at radius 3 is 2.25 bits per heavy atom. The van der Waals surface area contributed by atoms with Crippen LogP contribution in [0.3, 0.4) is 0 Å². The molecule has 6 heteroatoms. The van der Waals surface area contributed by atoms with Gasteiger partial charge in [-0.1, -0.05) is 19.9 Å². The summed E-state index contributed by atoms with van der Waals surface area (Å²) in [5.74, 6) is -0.109. The molecule has 1 rings (SSSR count). The monoisotopic (exact) mass is 233 g/mol. The van der Waals surface area contributed by atoms with Gasteiger partial charge in [-0.15, -0.1) is 0 Å². The van der Waals surface area contributed by atoms with Gasteiger partial charge in [-0.3, -0.25) is 10.1 Å². The first-order valence-corrected chi connectivity index (χ1v) is 4.59. The van der Waals surface area contributed by atoms with Crippen molar-refractivity contribution >= 4 is 5.69 Å². The Hall–Kier alpha value is -1.59. The average molecular weight is 233 g/mol. The molecule has 3 nitrogen and oxygen atoms in total. The summed E-state index contributed by atoms with van der Waals surface area (Å²) >= 11 is 0. The van der Waals surface area contributed by atoms with E-state index in [-0.39, 0.29) is 5.92 Å². The standard InChI is InChI=1S/C10H10F3NO2/c1-6(2)7-3-4-9(14(15)16)8(5-7)10(11,12)13/h3-6H,1-2H3. The van der Waals surface area contributed by atoms with Gasteiger partial charge < -0.3 is 0 Å². The van der Waals surface area contributed by atoms with E-state index < -0.39 is 22.4 Å². The van der Waals surface area contributed by atoms with Crippen LogP contribution in [0.4, 0.5) is 18.9 Å². The second kappa shape index (κ2) is 4.11. The fourth-order valence-electron chi connectivity index (χ4n) is 1.30. The molecule has 0 atom stereocenters. The average Bonchev–Trinajstić information content (AvgIpc) is 2.15. The number of nitro groups is 1. The van der Waals surface area contributed by atoms with Gasteiger partial charge in [-0.2, -0.15) is 13.2 Å². The van der Waals surface area contributed by atoms with E-state index in [1.54, 1.807) is 13.8 Å². The van der Waals surface area contributed by atoms with Gasteiger partial charge in [-0.05, 0) is 17.5 Å². The Balaban J connectivity index is 3.39. The van der Waals surface area contributed by atoms with Crippen LogP contribution in [-0.4, -0.2) is 4.92 Å². The number of rotatable bonds is 2. The zero-order chi connectivity index (χ0) is 12.5. The molecule has 0 amide bonds. The number of nitrogens with zero attached hydrogens (tertiary/aromatic N) is 1. The lowest BCUT2D eigenvalue weighted by molar-refractivity contribution is -0.388. The van der Waals surface area contributed by atoms with Crippen LogP contribution in [0.15, 0.2) is 18.2 Å². The lowest BCUT2D eigenvalue weighted by Crippen LogP contribution is -2.09. The van der Waals surface area contributed by atoms with Crippen LogP contribution in [0.2, 0.25) is 0 Å². The third-order valence-corrected chi connectivity index (χ3v) is 2.19.